The van der Waals surface area contributed by atoms with Crippen LogP contribution in [0.3, 0.4) is 0 Å². The lowest BCUT2D eigenvalue weighted by Crippen LogP contribution is -2.41. The summed E-state index contributed by atoms with van der Waals surface area (Å²) in [5, 5.41) is 3.55. The lowest BCUT2D eigenvalue weighted by atomic mass is 10.1. The van der Waals surface area contributed by atoms with Crippen LogP contribution in [0.1, 0.15) is 24.1 Å². The Morgan fingerprint density at radius 1 is 0.935 bits per heavy atom. The third-order valence-electron chi connectivity index (χ3n) is 4.72. The number of amides is 1. The molecule has 0 saturated carbocycles. The third kappa shape index (κ3) is 6.08. The summed E-state index contributed by atoms with van der Waals surface area (Å²) >= 11 is 12.1. The van der Waals surface area contributed by atoms with Crippen molar-refractivity contribution in [1.82, 2.24) is 9.62 Å². The van der Waals surface area contributed by atoms with Crippen LogP contribution in [0.2, 0.25) is 10.0 Å². The first-order valence-corrected chi connectivity index (χ1v) is 11.8. The summed E-state index contributed by atoms with van der Waals surface area (Å²) in [6, 6.07) is 22.1. The van der Waals surface area contributed by atoms with Gasteiger partial charge in [0, 0.05) is 6.54 Å². The van der Waals surface area contributed by atoms with Crippen molar-refractivity contribution in [3.8, 4) is 0 Å². The Morgan fingerprint density at radius 2 is 1.55 bits per heavy atom. The quantitative estimate of drug-likeness (QED) is 0.493. The van der Waals surface area contributed by atoms with Crippen LogP contribution >= 0.6 is 23.2 Å². The minimum Gasteiger partial charge on any atom is -0.348 e. The number of carbonyl (C=O) groups is 1. The van der Waals surface area contributed by atoms with Gasteiger partial charge in [-0.15, -0.1) is 0 Å². The molecule has 162 valence electrons. The van der Waals surface area contributed by atoms with E-state index in [1.807, 2.05) is 37.3 Å². The number of benzene rings is 3. The number of halogens is 2. The maximum atomic E-state index is 13.3. The Bertz CT molecular complexity index is 1140. The summed E-state index contributed by atoms with van der Waals surface area (Å²) in [7, 11) is -3.92. The van der Waals surface area contributed by atoms with E-state index in [0.29, 0.717) is 15.6 Å². The number of nitrogens with zero attached hydrogens (tertiary/aromatic N) is 1. The van der Waals surface area contributed by atoms with Crippen molar-refractivity contribution in [1.29, 1.82) is 0 Å². The molecule has 3 rings (SSSR count). The Hall–Kier alpha value is -2.38. The van der Waals surface area contributed by atoms with E-state index in [1.165, 1.54) is 12.1 Å². The van der Waals surface area contributed by atoms with Gasteiger partial charge in [-0.05, 0) is 42.3 Å². The van der Waals surface area contributed by atoms with Gasteiger partial charge >= 0.3 is 0 Å². The van der Waals surface area contributed by atoms with Crippen LogP contribution in [0, 0.1) is 0 Å². The van der Waals surface area contributed by atoms with Crippen molar-refractivity contribution in [3.63, 3.8) is 0 Å². The molecule has 3 aromatic rings. The fourth-order valence-electron chi connectivity index (χ4n) is 3.08. The molecule has 0 spiro atoms. The van der Waals surface area contributed by atoms with E-state index in [9.17, 15) is 13.2 Å². The minimum atomic E-state index is -3.92. The van der Waals surface area contributed by atoms with Gasteiger partial charge in [-0.25, -0.2) is 8.42 Å². The van der Waals surface area contributed by atoms with Crippen LogP contribution in [-0.4, -0.2) is 25.2 Å². The highest BCUT2D eigenvalue weighted by molar-refractivity contribution is 7.89. The maximum Gasteiger partial charge on any atom is 0.243 e. The van der Waals surface area contributed by atoms with Crippen molar-refractivity contribution >= 4 is 39.1 Å². The predicted octanol–water partition coefficient (Wildman–Crippen LogP) is 5.06. The molecule has 0 aliphatic carbocycles. The fourth-order valence-corrected chi connectivity index (χ4v) is 4.81. The normalized spacial score (nSPS) is 12.5. The first-order chi connectivity index (χ1) is 14.8. The summed E-state index contributed by atoms with van der Waals surface area (Å²) < 4.78 is 27.7. The van der Waals surface area contributed by atoms with Crippen LogP contribution in [0.5, 0.6) is 0 Å². The molecule has 0 unspecified atom stereocenters. The number of carbonyl (C=O) groups excluding carboxylic acids is 1. The monoisotopic (exact) mass is 476 g/mol. The van der Waals surface area contributed by atoms with Gasteiger partial charge < -0.3 is 5.32 Å². The molecule has 0 aliphatic heterocycles. The molecule has 0 aromatic heterocycles. The highest BCUT2D eigenvalue weighted by Gasteiger charge is 2.27. The predicted molar refractivity (Wildman–Crippen MR) is 123 cm³/mol. The molecule has 0 bridgehead atoms. The van der Waals surface area contributed by atoms with E-state index < -0.39 is 15.9 Å². The van der Waals surface area contributed by atoms with Crippen LogP contribution in [0.25, 0.3) is 0 Å². The summed E-state index contributed by atoms with van der Waals surface area (Å²) in [5.41, 5.74) is 1.55. The smallest absolute Gasteiger partial charge is 0.243 e. The Kier molecular flexibility index (Phi) is 7.73. The molecule has 3 aromatic carbocycles. The summed E-state index contributed by atoms with van der Waals surface area (Å²) in [6.45, 7) is 1.48. The second-order valence-corrected chi connectivity index (χ2v) is 9.79. The first-order valence-electron chi connectivity index (χ1n) is 9.61. The lowest BCUT2D eigenvalue weighted by molar-refractivity contribution is -0.122. The Labute approximate surface area is 192 Å². The number of hydrogen-bond acceptors (Lipinski definition) is 3. The minimum absolute atomic E-state index is 0.0265. The second kappa shape index (κ2) is 10.3. The second-order valence-electron chi connectivity index (χ2n) is 7.03. The van der Waals surface area contributed by atoms with Gasteiger partial charge in [0.25, 0.3) is 0 Å². The fraction of sp³-hybridized carbons (Fsp3) is 0.174. The molecule has 8 heteroatoms. The Morgan fingerprint density at radius 3 is 2.16 bits per heavy atom. The highest BCUT2D eigenvalue weighted by Crippen LogP contribution is 2.25. The molecule has 31 heavy (non-hydrogen) atoms. The van der Waals surface area contributed by atoms with Crippen LogP contribution in [0.15, 0.2) is 83.8 Å². The highest BCUT2D eigenvalue weighted by atomic mass is 35.5. The Balaban J connectivity index is 1.84. The summed E-state index contributed by atoms with van der Waals surface area (Å²) in [5.74, 6) is -0.407. The van der Waals surface area contributed by atoms with Gasteiger partial charge in [-0.1, -0.05) is 77.8 Å². The van der Waals surface area contributed by atoms with Gasteiger partial charge in [0.1, 0.15) is 0 Å². The zero-order chi connectivity index (χ0) is 22.4. The molecule has 1 atom stereocenters. The zero-order valence-electron chi connectivity index (χ0n) is 16.8. The number of nitrogens with one attached hydrogen (secondary N) is 1. The molecule has 0 radical (unpaired) electrons. The molecule has 0 heterocycles. The molecule has 0 fully saturated rings. The van der Waals surface area contributed by atoms with Gasteiger partial charge in [-0.3, -0.25) is 4.79 Å². The number of sulfonamides is 1. The van der Waals surface area contributed by atoms with E-state index in [0.717, 1.165) is 9.87 Å². The van der Waals surface area contributed by atoms with Crippen LogP contribution < -0.4 is 5.32 Å². The maximum absolute atomic E-state index is 13.3. The summed E-state index contributed by atoms with van der Waals surface area (Å²) in [4.78, 5) is 12.9. The average Bonchev–Trinajstić information content (AvgIpc) is 2.77. The number of hydrogen-bond donors (Lipinski definition) is 1. The van der Waals surface area contributed by atoms with Gasteiger partial charge in [0.15, 0.2) is 0 Å². The van der Waals surface area contributed by atoms with Crippen LogP contribution in [-0.2, 0) is 21.4 Å². The van der Waals surface area contributed by atoms with E-state index >= 15 is 0 Å². The van der Waals surface area contributed by atoms with E-state index in [4.69, 9.17) is 23.2 Å². The molecular formula is C23H22Cl2N2O3S. The van der Waals surface area contributed by atoms with Gasteiger partial charge in [0.2, 0.25) is 15.9 Å². The first kappa shape index (κ1) is 23.3. The number of rotatable bonds is 8. The van der Waals surface area contributed by atoms with Crippen LogP contribution in [0.4, 0.5) is 0 Å². The third-order valence-corrected chi connectivity index (χ3v) is 7.27. The molecule has 0 saturated heterocycles. The summed E-state index contributed by atoms with van der Waals surface area (Å²) in [6.07, 6.45) is 0. The molecule has 0 aliphatic rings. The SMILES string of the molecule is C[C@H](NC(=O)CN(Cc1ccc(Cl)c(Cl)c1)S(=O)(=O)c1ccccc1)c1ccccc1. The van der Waals surface area contributed by atoms with E-state index in [1.54, 1.807) is 36.4 Å². The standard InChI is InChI=1S/C23H22Cl2N2O3S/c1-17(19-8-4-2-5-9-19)26-23(28)16-27(15-18-12-13-21(24)22(25)14-18)31(29,30)20-10-6-3-7-11-20/h2-14,17H,15-16H2,1H3,(H,26,28)/t17-/m0/s1. The van der Waals surface area contributed by atoms with Crippen molar-refractivity contribution in [2.24, 2.45) is 0 Å². The van der Waals surface area contributed by atoms with Crippen molar-refractivity contribution in [3.05, 3.63) is 100 Å². The molecule has 5 nitrogen and oxygen atoms in total. The van der Waals surface area contributed by atoms with Crippen molar-refractivity contribution in [2.75, 3.05) is 6.54 Å². The van der Waals surface area contributed by atoms with E-state index in [2.05, 4.69) is 5.32 Å². The zero-order valence-corrected chi connectivity index (χ0v) is 19.2. The van der Waals surface area contributed by atoms with Crippen molar-refractivity contribution < 1.29 is 13.2 Å². The topological polar surface area (TPSA) is 66.5 Å². The molecule has 1 N–H and O–H groups in total. The molecular weight excluding hydrogens is 455 g/mol. The van der Waals surface area contributed by atoms with Crippen molar-refractivity contribution in [2.45, 2.75) is 24.4 Å². The van der Waals surface area contributed by atoms with Gasteiger partial charge in [-0.2, -0.15) is 4.31 Å². The van der Waals surface area contributed by atoms with E-state index in [-0.39, 0.29) is 24.0 Å². The lowest BCUT2D eigenvalue weighted by Gasteiger charge is -2.23. The molecule has 1 amide bonds. The average molecular weight is 477 g/mol. The van der Waals surface area contributed by atoms with Gasteiger partial charge in [0.05, 0.1) is 27.5 Å². The largest absolute Gasteiger partial charge is 0.348 e.